The molecule has 0 atom stereocenters. The topological polar surface area (TPSA) is 55.1 Å². The lowest BCUT2D eigenvalue weighted by Crippen LogP contribution is -2.13. The van der Waals surface area contributed by atoms with Gasteiger partial charge in [-0.25, -0.2) is 4.98 Å². The van der Waals surface area contributed by atoms with Crippen LogP contribution in [0.3, 0.4) is 0 Å². The number of halogens is 2. The van der Waals surface area contributed by atoms with Gasteiger partial charge in [-0.05, 0) is 36.8 Å². The number of para-hydroxylation sites is 1. The normalized spacial score (nSPS) is 10.7. The van der Waals surface area contributed by atoms with Gasteiger partial charge in [0.1, 0.15) is 0 Å². The van der Waals surface area contributed by atoms with E-state index >= 15 is 0 Å². The molecule has 2 aromatic carbocycles. The Labute approximate surface area is 155 Å². The minimum Gasteiger partial charge on any atom is -0.441 e. The fraction of sp³-hybridized carbons (Fsp3) is 0.158. The first-order valence-electron chi connectivity index (χ1n) is 7.78. The monoisotopic (exact) mass is 374 g/mol. The van der Waals surface area contributed by atoms with Crippen LogP contribution in [-0.4, -0.2) is 10.9 Å². The van der Waals surface area contributed by atoms with Crippen molar-refractivity contribution in [3.8, 4) is 11.3 Å². The maximum absolute atomic E-state index is 12.1. The lowest BCUT2D eigenvalue weighted by atomic mass is 10.2. The quantitative estimate of drug-likeness (QED) is 0.638. The van der Waals surface area contributed by atoms with E-state index in [0.717, 1.165) is 11.3 Å². The second kappa shape index (κ2) is 7.72. The van der Waals surface area contributed by atoms with Gasteiger partial charge in [-0.2, -0.15) is 0 Å². The van der Waals surface area contributed by atoms with E-state index in [-0.39, 0.29) is 12.3 Å². The Balaban J connectivity index is 1.62. The summed E-state index contributed by atoms with van der Waals surface area (Å²) in [6.45, 7) is 1.95. The van der Waals surface area contributed by atoms with E-state index in [1.807, 2.05) is 31.2 Å². The molecule has 25 heavy (non-hydrogen) atoms. The van der Waals surface area contributed by atoms with Crippen molar-refractivity contribution in [2.75, 3.05) is 5.32 Å². The molecule has 0 bridgehead atoms. The third-order valence-corrected chi connectivity index (χ3v) is 4.28. The van der Waals surface area contributed by atoms with Gasteiger partial charge >= 0.3 is 0 Å². The average Bonchev–Trinajstić information content (AvgIpc) is 3.04. The predicted molar refractivity (Wildman–Crippen MR) is 100 cm³/mol. The Morgan fingerprint density at radius 3 is 2.76 bits per heavy atom. The molecule has 0 spiro atoms. The van der Waals surface area contributed by atoms with Crippen LogP contribution in [0.2, 0.25) is 10.0 Å². The van der Waals surface area contributed by atoms with Crippen LogP contribution in [0.5, 0.6) is 0 Å². The number of oxazole rings is 1. The van der Waals surface area contributed by atoms with Crippen molar-refractivity contribution in [3.05, 3.63) is 70.2 Å². The van der Waals surface area contributed by atoms with Gasteiger partial charge < -0.3 is 9.73 Å². The van der Waals surface area contributed by atoms with Crippen molar-refractivity contribution in [1.82, 2.24) is 4.98 Å². The molecule has 6 heteroatoms. The fourth-order valence-electron chi connectivity index (χ4n) is 2.39. The van der Waals surface area contributed by atoms with Crippen molar-refractivity contribution in [3.63, 3.8) is 0 Å². The molecule has 4 nitrogen and oxygen atoms in total. The maximum atomic E-state index is 12.1. The molecule has 0 aliphatic carbocycles. The van der Waals surface area contributed by atoms with Crippen LogP contribution < -0.4 is 5.32 Å². The van der Waals surface area contributed by atoms with E-state index in [0.29, 0.717) is 33.7 Å². The number of rotatable bonds is 5. The first kappa shape index (κ1) is 17.5. The number of benzene rings is 2. The summed E-state index contributed by atoms with van der Waals surface area (Å²) in [6.07, 6.45) is 2.29. The second-order valence-electron chi connectivity index (χ2n) is 5.61. The molecule has 0 aliphatic heterocycles. The first-order chi connectivity index (χ1) is 12.0. The molecule has 1 amide bonds. The third kappa shape index (κ3) is 4.41. The maximum Gasteiger partial charge on any atom is 0.224 e. The van der Waals surface area contributed by atoms with Gasteiger partial charge in [0, 0.05) is 29.1 Å². The molecule has 0 saturated heterocycles. The lowest BCUT2D eigenvalue weighted by Gasteiger charge is -2.07. The zero-order valence-corrected chi connectivity index (χ0v) is 15.1. The second-order valence-corrected chi connectivity index (χ2v) is 6.45. The summed E-state index contributed by atoms with van der Waals surface area (Å²) in [5.41, 5.74) is 2.55. The highest BCUT2D eigenvalue weighted by Gasteiger charge is 2.12. The molecule has 0 fully saturated rings. The Kier molecular flexibility index (Phi) is 5.41. The number of aryl methyl sites for hydroxylation is 2. The van der Waals surface area contributed by atoms with E-state index < -0.39 is 0 Å². The summed E-state index contributed by atoms with van der Waals surface area (Å²) in [5, 5.41) is 3.94. The summed E-state index contributed by atoms with van der Waals surface area (Å²) in [5.74, 6) is 0.954. The van der Waals surface area contributed by atoms with E-state index in [1.54, 1.807) is 24.4 Å². The number of nitrogens with zero attached hydrogens (tertiary/aromatic N) is 1. The highest BCUT2D eigenvalue weighted by atomic mass is 35.5. The average molecular weight is 375 g/mol. The SMILES string of the molecule is Cc1ccccc1NC(=O)CCc1ncc(-c2ccc(Cl)cc2Cl)o1. The summed E-state index contributed by atoms with van der Waals surface area (Å²) >= 11 is 12.1. The smallest absolute Gasteiger partial charge is 0.224 e. The van der Waals surface area contributed by atoms with E-state index in [2.05, 4.69) is 10.3 Å². The highest BCUT2D eigenvalue weighted by molar-refractivity contribution is 6.36. The number of anilines is 1. The largest absolute Gasteiger partial charge is 0.441 e. The first-order valence-corrected chi connectivity index (χ1v) is 8.54. The van der Waals surface area contributed by atoms with Crippen LogP contribution in [0, 0.1) is 6.92 Å². The summed E-state index contributed by atoms with van der Waals surface area (Å²) in [6, 6.07) is 12.8. The summed E-state index contributed by atoms with van der Waals surface area (Å²) in [4.78, 5) is 16.3. The van der Waals surface area contributed by atoms with Crippen molar-refractivity contribution >= 4 is 34.8 Å². The molecule has 3 aromatic rings. The number of hydrogen-bond donors (Lipinski definition) is 1. The highest BCUT2D eigenvalue weighted by Crippen LogP contribution is 2.30. The number of carbonyl (C=O) groups excluding carboxylic acids is 1. The fourth-order valence-corrected chi connectivity index (χ4v) is 2.89. The minimum atomic E-state index is -0.0847. The van der Waals surface area contributed by atoms with Crippen LogP contribution in [0.25, 0.3) is 11.3 Å². The molecule has 1 N–H and O–H groups in total. The van der Waals surface area contributed by atoms with Crippen LogP contribution in [0.15, 0.2) is 53.1 Å². The Morgan fingerprint density at radius 2 is 2.00 bits per heavy atom. The number of hydrogen-bond acceptors (Lipinski definition) is 3. The standard InChI is InChI=1S/C19H16Cl2N2O2/c1-12-4-2-3-5-16(12)23-18(24)8-9-19-22-11-17(25-19)14-7-6-13(20)10-15(14)21/h2-7,10-11H,8-9H2,1H3,(H,23,24). The summed E-state index contributed by atoms with van der Waals surface area (Å²) in [7, 11) is 0. The molecular formula is C19H16Cl2N2O2. The molecule has 1 aromatic heterocycles. The van der Waals surface area contributed by atoms with Crippen molar-refractivity contribution in [2.24, 2.45) is 0 Å². The molecule has 0 radical (unpaired) electrons. The van der Waals surface area contributed by atoms with Crippen LogP contribution in [0.4, 0.5) is 5.69 Å². The van der Waals surface area contributed by atoms with Gasteiger partial charge in [-0.3, -0.25) is 4.79 Å². The van der Waals surface area contributed by atoms with Crippen molar-refractivity contribution in [1.29, 1.82) is 0 Å². The number of aromatic nitrogens is 1. The van der Waals surface area contributed by atoms with Crippen molar-refractivity contribution in [2.45, 2.75) is 19.8 Å². The predicted octanol–water partition coefficient (Wildman–Crippen LogP) is 5.53. The van der Waals surface area contributed by atoms with Gasteiger partial charge in [0.05, 0.1) is 11.2 Å². The van der Waals surface area contributed by atoms with E-state index in [9.17, 15) is 4.79 Å². The molecule has 0 saturated carbocycles. The number of carbonyl (C=O) groups is 1. The molecule has 128 valence electrons. The minimum absolute atomic E-state index is 0.0847. The number of amides is 1. The molecule has 3 rings (SSSR count). The number of nitrogens with one attached hydrogen (secondary N) is 1. The third-order valence-electron chi connectivity index (χ3n) is 3.74. The summed E-state index contributed by atoms with van der Waals surface area (Å²) < 4.78 is 5.70. The van der Waals surface area contributed by atoms with Crippen LogP contribution in [-0.2, 0) is 11.2 Å². The van der Waals surface area contributed by atoms with Gasteiger partial charge in [0.25, 0.3) is 0 Å². The van der Waals surface area contributed by atoms with Crippen LogP contribution in [0.1, 0.15) is 17.9 Å². The molecule has 1 heterocycles. The van der Waals surface area contributed by atoms with E-state index in [4.69, 9.17) is 27.6 Å². The molecule has 0 aliphatic rings. The molecular weight excluding hydrogens is 359 g/mol. The van der Waals surface area contributed by atoms with Gasteiger partial charge in [0.15, 0.2) is 11.7 Å². The van der Waals surface area contributed by atoms with Crippen molar-refractivity contribution < 1.29 is 9.21 Å². The lowest BCUT2D eigenvalue weighted by molar-refractivity contribution is -0.116. The Bertz CT molecular complexity index is 906. The Morgan fingerprint density at radius 1 is 1.20 bits per heavy atom. The van der Waals surface area contributed by atoms with Gasteiger partial charge in [-0.1, -0.05) is 41.4 Å². The molecule has 0 unspecified atom stereocenters. The Hall–Kier alpha value is -2.30. The van der Waals surface area contributed by atoms with E-state index in [1.165, 1.54) is 0 Å². The van der Waals surface area contributed by atoms with Gasteiger partial charge in [0.2, 0.25) is 5.91 Å². The zero-order chi connectivity index (χ0) is 17.8. The van der Waals surface area contributed by atoms with Gasteiger partial charge in [-0.15, -0.1) is 0 Å². The zero-order valence-electron chi connectivity index (χ0n) is 13.6. The van der Waals surface area contributed by atoms with Crippen LogP contribution >= 0.6 is 23.2 Å².